The Hall–Kier alpha value is -3.33. The molecule has 1 aromatic heterocycles. The summed E-state index contributed by atoms with van der Waals surface area (Å²) in [5.41, 5.74) is 4.34. The Morgan fingerprint density at radius 1 is 1.22 bits per heavy atom. The van der Waals surface area contributed by atoms with E-state index >= 15 is 0 Å². The molecule has 27 heavy (non-hydrogen) atoms. The highest BCUT2D eigenvalue weighted by Crippen LogP contribution is 2.44. The summed E-state index contributed by atoms with van der Waals surface area (Å²) >= 11 is 0. The number of carbonyl (C=O) groups is 1. The molecule has 1 aliphatic rings. The topological polar surface area (TPSA) is 90.8 Å². The number of aromatic nitrogens is 2. The summed E-state index contributed by atoms with van der Waals surface area (Å²) in [4.78, 5) is 20.6. The van der Waals surface area contributed by atoms with Crippen molar-refractivity contribution in [3.05, 3.63) is 41.5 Å². The van der Waals surface area contributed by atoms with Crippen LogP contribution in [-0.2, 0) is 10.2 Å². The standard InChI is InChI=1S/C21H20N4O2/c1-4-21(5-2)14-9-16-17(10-15(14)25-20(21)26)24-19(23-16)13-7-6-12(11-22)8-18(13)27-3/h6-10H,4-5H2,1-3H3,(H,23,24)(H,25,26). The predicted molar refractivity (Wildman–Crippen MR) is 104 cm³/mol. The van der Waals surface area contributed by atoms with Crippen molar-refractivity contribution in [3.63, 3.8) is 0 Å². The first kappa shape index (κ1) is 17.1. The zero-order chi connectivity index (χ0) is 19.2. The summed E-state index contributed by atoms with van der Waals surface area (Å²) < 4.78 is 5.43. The van der Waals surface area contributed by atoms with Gasteiger partial charge in [0, 0.05) is 5.69 Å². The number of aromatic amines is 1. The van der Waals surface area contributed by atoms with Crippen LogP contribution in [0, 0.1) is 11.3 Å². The summed E-state index contributed by atoms with van der Waals surface area (Å²) in [6.45, 7) is 4.09. The van der Waals surface area contributed by atoms with Gasteiger partial charge in [-0.3, -0.25) is 4.79 Å². The van der Waals surface area contributed by atoms with E-state index in [1.165, 1.54) is 0 Å². The number of H-pyrrole nitrogens is 1. The number of benzene rings is 2. The number of amides is 1. The highest BCUT2D eigenvalue weighted by molar-refractivity contribution is 6.08. The maximum Gasteiger partial charge on any atom is 0.235 e. The lowest BCUT2D eigenvalue weighted by molar-refractivity contribution is -0.121. The molecule has 2 heterocycles. The molecule has 4 rings (SSSR count). The molecule has 136 valence electrons. The number of fused-ring (bicyclic) bond motifs is 2. The normalized spacial score (nSPS) is 14.7. The van der Waals surface area contributed by atoms with Crippen molar-refractivity contribution in [1.29, 1.82) is 5.26 Å². The third kappa shape index (κ3) is 2.39. The molecular weight excluding hydrogens is 340 g/mol. The molecule has 0 bridgehead atoms. The zero-order valence-electron chi connectivity index (χ0n) is 15.5. The second kappa shape index (κ2) is 6.13. The third-order valence-corrected chi connectivity index (χ3v) is 5.61. The first-order valence-corrected chi connectivity index (χ1v) is 9.00. The number of nitrogens with zero attached hydrogens (tertiary/aromatic N) is 2. The van der Waals surface area contributed by atoms with Crippen LogP contribution in [0.5, 0.6) is 5.75 Å². The highest BCUT2D eigenvalue weighted by atomic mass is 16.5. The molecule has 1 aliphatic heterocycles. The Balaban J connectivity index is 1.87. The Bertz CT molecular complexity index is 1100. The van der Waals surface area contributed by atoms with Gasteiger partial charge in [-0.05, 0) is 48.7 Å². The van der Waals surface area contributed by atoms with Gasteiger partial charge in [-0.25, -0.2) is 4.98 Å². The van der Waals surface area contributed by atoms with E-state index in [-0.39, 0.29) is 5.91 Å². The van der Waals surface area contributed by atoms with Crippen LogP contribution in [0.2, 0.25) is 0 Å². The number of rotatable bonds is 4. The van der Waals surface area contributed by atoms with Crippen molar-refractivity contribution < 1.29 is 9.53 Å². The number of nitriles is 1. The molecule has 0 spiro atoms. The van der Waals surface area contributed by atoms with Crippen LogP contribution in [0.15, 0.2) is 30.3 Å². The maximum atomic E-state index is 12.6. The van der Waals surface area contributed by atoms with E-state index in [2.05, 4.69) is 21.4 Å². The third-order valence-electron chi connectivity index (χ3n) is 5.61. The number of hydrogen-bond donors (Lipinski definition) is 2. The van der Waals surface area contributed by atoms with Gasteiger partial charge in [0.2, 0.25) is 5.91 Å². The number of imidazole rings is 1. The van der Waals surface area contributed by atoms with E-state index in [0.29, 0.717) is 17.1 Å². The van der Waals surface area contributed by atoms with Gasteiger partial charge in [0.15, 0.2) is 0 Å². The summed E-state index contributed by atoms with van der Waals surface area (Å²) in [5, 5.41) is 12.1. The van der Waals surface area contributed by atoms with Crippen LogP contribution in [0.25, 0.3) is 22.4 Å². The van der Waals surface area contributed by atoms with Crippen LogP contribution in [-0.4, -0.2) is 23.0 Å². The van der Waals surface area contributed by atoms with E-state index < -0.39 is 5.41 Å². The lowest BCUT2D eigenvalue weighted by Gasteiger charge is -2.23. The minimum Gasteiger partial charge on any atom is -0.496 e. The fourth-order valence-electron chi connectivity index (χ4n) is 3.96. The van der Waals surface area contributed by atoms with Gasteiger partial charge in [0.05, 0.1) is 40.8 Å². The number of ether oxygens (including phenoxy) is 1. The SMILES string of the molecule is CCC1(CC)C(=O)Nc2cc3nc(-c4ccc(C#N)cc4OC)[nH]c3cc21. The molecular formula is C21H20N4O2. The molecule has 2 aromatic carbocycles. The summed E-state index contributed by atoms with van der Waals surface area (Å²) in [6, 6.07) is 11.3. The van der Waals surface area contributed by atoms with Gasteiger partial charge in [0.25, 0.3) is 0 Å². The van der Waals surface area contributed by atoms with E-state index in [1.807, 2.05) is 32.0 Å². The fraction of sp³-hybridized carbons (Fsp3) is 0.286. The minimum absolute atomic E-state index is 0.0594. The summed E-state index contributed by atoms with van der Waals surface area (Å²) in [5.74, 6) is 1.31. The Morgan fingerprint density at radius 3 is 2.67 bits per heavy atom. The monoisotopic (exact) mass is 360 g/mol. The predicted octanol–water partition coefficient (Wildman–Crippen LogP) is 4.12. The first-order valence-electron chi connectivity index (χ1n) is 9.00. The molecule has 0 atom stereocenters. The quantitative estimate of drug-likeness (QED) is 0.732. The van der Waals surface area contributed by atoms with Crippen LogP contribution < -0.4 is 10.1 Å². The minimum atomic E-state index is -0.485. The van der Waals surface area contributed by atoms with Crippen molar-refractivity contribution in [2.45, 2.75) is 32.1 Å². The average Bonchev–Trinajstić information content (AvgIpc) is 3.22. The average molecular weight is 360 g/mol. The Kier molecular flexibility index (Phi) is 3.88. The molecule has 6 nitrogen and oxygen atoms in total. The number of anilines is 1. The molecule has 6 heteroatoms. The van der Waals surface area contributed by atoms with E-state index in [0.717, 1.165) is 40.7 Å². The van der Waals surface area contributed by atoms with Crippen LogP contribution in [0.4, 0.5) is 5.69 Å². The van der Waals surface area contributed by atoms with Gasteiger partial charge >= 0.3 is 0 Å². The molecule has 0 fully saturated rings. The second-order valence-corrected chi connectivity index (χ2v) is 6.77. The van der Waals surface area contributed by atoms with Crippen LogP contribution in [0.1, 0.15) is 37.8 Å². The Morgan fingerprint density at radius 2 is 2.00 bits per heavy atom. The van der Waals surface area contributed by atoms with Gasteiger partial charge < -0.3 is 15.0 Å². The van der Waals surface area contributed by atoms with E-state index in [9.17, 15) is 4.79 Å². The van der Waals surface area contributed by atoms with Gasteiger partial charge in [0.1, 0.15) is 11.6 Å². The first-order chi connectivity index (χ1) is 13.1. The molecule has 0 aliphatic carbocycles. The molecule has 2 N–H and O–H groups in total. The van der Waals surface area contributed by atoms with Crippen molar-refractivity contribution in [1.82, 2.24) is 9.97 Å². The Labute approximate surface area is 157 Å². The van der Waals surface area contributed by atoms with E-state index in [1.54, 1.807) is 19.2 Å². The summed E-state index contributed by atoms with van der Waals surface area (Å²) in [7, 11) is 1.57. The molecule has 1 amide bonds. The van der Waals surface area contributed by atoms with Crippen molar-refractivity contribution >= 4 is 22.6 Å². The highest BCUT2D eigenvalue weighted by Gasteiger charge is 2.44. The number of carbonyl (C=O) groups excluding carboxylic acids is 1. The lowest BCUT2D eigenvalue weighted by atomic mass is 9.77. The molecule has 3 aromatic rings. The maximum absolute atomic E-state index is 12.6. The lowest BCUT2D eigenvalue weighted by Crippen LogP contribution is -2.32. The van der Waals surface area contributed by atoms with Crippen LogP contribution >= 0.6 is 0 Å². The smallest absolute Gasteiger partial charge is 0.235 e. The van der Waals surface area contributed by atoms with Crippen molar-refractivity contribution in [3.8, 4) is 23.2 Å². The molecule has 0 saturated heterocycles. The van der Waals surface area contributed by atoms with Gasteiger partial charge in [-0.15, -0.1) is 0 Å². The number of hydrogen-bond acceptors (Lipinski definition) is 4. The fourth-order valence-corrected chi connectivity index (χ4v) is 3.96. The van der Waals surface area contributed by atoms with Crippen molar-refractivity contribution in [2.24, 2.45) is 0 Å². The van der Waals surface area contributed by atoms with Gasteiger partial charge in [-0.1, -0.05) is 13.8 Å². The summed E-state index contributed by atoms with van der Waals surface area (Å²) in [6.07, 6.45) is 1.50. The molecule has 0 unspecified atom stereocenters. The van der Waals surface area contributed by atoms with E-state index in [4.69, 9.17) is 10.00 Å². The molecule has 0 radical (unpaired) electrons. The van der Waals surface area contributed by atoms with Crippen molar-refractivity contribution in [2.75, 3.05) is 12.4 Å². The number of nitrogens with one attached hydrogen (secondary N) is 2. The zero-order valence-corrected chi connectivity index (χ0v) is 15.5. The van der Waals surface area contributed by atoms with Gasteiger partial charge in [-0.2, -0.15) is 5.26 Å². The molecule has 0 saturated carbocycles. The number of methoxy groups -OCH3 is 1. The largest absolute Gasteiger partial charge is 0.496 e. The van der Waals surface area contributed by atoms with Crippen LogP contribution in [0.3, 0.4) is 0 Å². The second-order valence-electron chi connectivity index (χ2n) is 6.77.